The normalized spacial score (nSPS) is 11.0. The molecule has 4 N–H and O–H groups in total. The molecule has 0 aliphatic heterocycles. The number of nitrogens with one attached hydrogen (secondary N) is 4. The molecule has 2 aromatic heterocycles. The van der Waals surface area contributed by atoms with E-state index in [9.17, 15) is 18.0 Å². The summed E-state index contributed by atoms with van der Waals surface area (Å²) >= 11 is 5.56. The molecule has 0 aliphatic carbocycles. The third-order valence-electron chi connectivity index (χ3n) is 4.08. The van der Waals surface area contributed by atoms with E-state index in [1.165, 1.54) is 6.07 Å². The minimum absolute atomic E-state index is 0.0239. The van der Waals surface area contributed by atoms with Crippen LogP contribution in [0, 0.1) is 6.92 Å². The third kappa shape index (κ3) is 6.71. The Kier molecular flexibility index (Phi) is 7.31. The number of rotatable bonds is 7. The second-order valence-corrected chi connectivity index (χ2v) is 7.05. The van der Waals surface area contributed by atoms with Gasteiger partial charge in [0.25, 0.3) is 0 Å². The zero-order valence-electron chi connectivity index (χ0n) is 16.8. The van der Waals surface area contributed by atoms with Gasteiger partial charge in [-0.2, -0.15) is 13.2 Å². The van der Waals surface area contributed by atoms with Crippen LogP contribution in [0.3, 0.4) is 0 Å². The Morgan fingerprint density at radius 2 is 1.75 bits per heavy atom. The van der Waals surface area contributed by atoms with E-state index in [1.807, 2.05) is 19.1 Å². The Bertz CT molecular complexity index is 1080. The summed E-state index contributed by atoms with van der Waals surface area (Å²) in [7, 11) is 0. The van der Waals surface area contributed by atoms with E-state index in [1.54, 1.807) is 18.3 Å². The molecule has 3 aromatic rings. The summed E-state index contributed by atoms with van der Waals surface area (Å²) in [4.78, 5) is 16.1. The number of carbonyl (C=O) groups is 1. The molecule has 0 saturated carbocycles. The monoisotopic (exact) mass is 465 g/mol. The topological polar surface area (TPSA) is 104 Å². The van der Waals surface area contributed by atoms with Gasteiger partial charge in [0.05, 0.1) is 10.6 Å². The van der Waals surface area contributed by atoms with Crippen LogP contribution in [-0.4, -0.2) is 34.3 Å². The van der Waals surface area contributed by atoms with Gasteiger partial charge >= 0.3 is 12.2 Å². The fourth-order valence-corrected chi connectivity index (χ4v) is 2.82. The molecule has 168 valence electrons. The highest BCUT2D eigenvalue weighted by Crippen LogP contribution is 2.36. The zero-order valence-corrected chi connectivity index (χ0v) is 17.6. The number of benzene rings is 1. The summed E-state index contributed by atoms with van der Waals surface area (Å²) in [5.74, 6) is 1.66. The molecular formula is C20H19ClF3N7O. The van der Waals surface area contributed by atoms with Crippen molar-refractivity contribution in [2.75, 3.05) is 29.0 Å². The van der Waals surface area contributed by atoms with Crippen LogP contribution in [0.15, 0.2) is 48.7 Å². The molecule has 8 nitrogen and oxygen atoms in total. The standard InChI is InChI=1S/C20H19ClF3N7O/c1-12-6-7-25-18(10-12)29-17-5-4-16(30-31-17)26-8-9-27-19(32)28-13-2-3-15(21)14(11-13)20(22,23)24/h2-7,10-11H,8-9H2,1H3,(H,26,30)(H,25,29,31)(H2,27,28,32). The number of urea groups is 1. The molecular weight excluding hydrogens is 447 g/mol. The molecule has 32 heavy (non-hydrogen) atoms. The molecule has 0 bridgehead atoms. The predicted molar refractivity (Wildman–Crippen MR) is 116 cm³/mol. The van der Waals surface area contributed by atoms with Crippen molar-refractivity contribution < 1.29 is 18.0 Å². The van der Waals surface area contributed by atoms with Gasteiger partial charge in [0.1, 0.15) is 11.6 Å². The molecule has 0 saturated heterocycles. The number of aromatic nitrogens is 3. The molecule has 0 spiro atoms. The summed E-state index contributed by atoms with van der Waals surface area (Å²) in [5.41, 5.74) is 0.0136. The lowest BCUT2D eigenvalue weighted by Gasteiger charge is -2.12. The van der Waals surface area contributed by atoms with Crippen LogP contribution < -0.4 is 21.3 Å². The molecule has 0 unspecified atom stereocenters. The maximum absolute atomic E-state index is 12.9. The first-order valence-corrected chi connectivity index (χ1v) is 9.77. The average Bonchev–Trinajstić information content (AvgIpc) is 2.73. The SMILES string of the molecule is Cc1ccnc(Nc2ccc(NCCNC(=O)Nc3ccc(Cl)c(C(F)(F)F)c3)nn2)c1. The van der Waals surface area contributed by atoms with Gasteiger partial charge in [-0.05, 0) is 55.0 Å². The van der Waals surface area contributed by atoms with Crippen molar-refractivity contribution in [1.29, 1.82) is 0 Å². The van der Waals surface area contributed by atoms with Crippen molar-refractivity contribution in [3.63, 3.8) is 0 Å². The molecule has 0 atom stereocenters. The van der Waals surface area contributed by atoms with Crippen LogP contribution in [0.5, 0.6) is 0 Å². The van der Waals surface area contributed by atoms with Crippen LogP contribution in [0.4, 0.5) is 41.1 Å². The molecule has 2 amide bonds. The van der Waals surface area contributed by atoms with Gasteiger partial charge in [-0.25, -0.2) is 9.78 Å². The fourth-order valence-electron chi connectivity index (χ4n) is 2.59. The number of nitrogens with zero attached hydrogens (tertiary/aromatic N) is 3. The Balaban J connectivity index is 1.43. The minimum Gasteiger partial charge on any atom is -0.367 e. The van der Waals surface area contributed by atoms with Crippen molar-refractivity contribution in [2.24, 2.45) is 0 Å². The van der Waals surface area contributed by atoms with E-state index < -0.39 is 22.8 Å². The van der Waals surface area contributed by atoms with Crippen LogP contribution >= 0.6 is 11.6 Å². The first kappa shape index (κ1) is 23.1. The number of halogens is 4. The second-order valence-electron chi connectivity index (χ2n) is 6.65. The molecule has 3 rings (SSSR count). The average molecular weight is 466 g/mol. The quantitative estimate of drug-likeness (QED) is 0.373. The highest BCUT2D eigenvalue weighted by Gasteiger charge is 2.33. The number of anilines is 4. The molecule has 0 radical (unpaired) electrons. The summed E-state index contributed by atoms with van der Waals surface area (Å²) < 4.78 is 38.7. The summed E-state index contributed by atoms with van der Waals surface area (Å²) in [6, 6.07) is 9.67. The van der Waals surface area contributed by atoms with Gasteiger partial charge in [0.15, 0.2) is 5.82 Å². The van der Waals surface area contributed by atoms with Gasteiger partial charge in [-0.1, -0.05) is 11.6 Å². The number of amides is 2. The number of pyridine rings is 1. The second kappa shape index (κ2) is 10.1. The van der Waals surface area contributed by atoms with Gasteiger partial charge < -0.3 is 21.3 Å². The van der Waals surface area contributed by atoms with Crippen LogP contribution in [0.1, 0.15) is 11.1 Å². The van der Waals surface area contributed by atoms with Crippen molar-refractivity contribution in [3.05, 3.63) is 64.8 Å². The molecule has 12 heteroatoms. The van der Waals surface area contributed by atoms with Crippen LogP contribution in [-0.2, 0) is 6.18 Å². The van der Waals surface area contributed by atoms with Crippen LogP contribution in [0.25, 0.3) is 0 Å². The van der Waals surface area contributed by atoms with Crippen molar-refractivity contribution in [3.8, 4) is 0 Å². The summed E-state index contributed by atoms with van der Waals surface area (Å²) in [5, 5.41) is 18.5. The lowest BCUT2D eigenvalue weighted by Crippen LogP contribution is -2.32. The Hall–Kier alpha value is -3.60. The number of carbonyl (C=O) groups excluding carboxylic acids is 1. The number of hydrogen-bond acceptors (Lipinski definition) is 6. The molecule has 0 fully saturated rings. The first-order chi connectivity index (χ1) is 15.2. The van der Waals surface area contributed by atoms with Crippen molar-refractivity contribution >= 4 is 40.8 Å². The maximum atomic E-state index is 12.9. The summed E-state index contributed by atoms with van der Waals surface area (Å²) in [6.45, 7) is 2.47. The Labute approximate surface area is 186 Å². The van der Waals surface area contributed by atoms with Gasteiger partial charge in [-0.15, -0.1) is 10.2 Å². The van der Waals surface area contributed by atoms with Crippen LogP contribution in [0.2, 0.25) is 5.02 Å². The highest BCUT2D eigenvalue weighted by atomic mass is 35.5. The van der Waals surface area contributed by atoms with Gasteiger partial charge in [-0.3, -0.25) is 0 Å². The van der Waals surface area contributed by atoms with E-state index in [-0.39, 0.29) is 12.2 Å². The summed E-state index contributed by atoms with van der Waals surface area (Å²) in [6.07, 6.45) is -2.93. The molecule has 2 heterocycles. The lowest BCUT2D eigenvalue weighted by molar-refractivity contribution is -0.137. The van der Waals surface area contributed by atoms with Crippen molar-refractivity contribution in [1.82, 2.24) is 20.5 Å². The Morgan fingerprint density at radius 3 is 2.44 bits per heavy atom. The van der Waals surface area contributed by atoms with E-state index in [0.29, 0.717) is 24.0 Å². The number of alkyl halides is 3. The van der Waals surface area contributed by atoms with Gasteiger partial charge in [0.2, 0.25) is 0 Å². The largest absolute Gasteiger partial charge is 0.417 e. The fraction of sp³-hybridized carbons (Fsp3) is 0.200. The van der Waals surface area contributed by atoms with E-state index >= 15 is 0 Å². The predicted octanol–water partition coefficient (Wildman–Crippen LogP) is 4.83. The van der Waals surface area contributed by atoms with E-state index in [2.05, 4.69) is 36.4 Å². The highest BCUT2D eigenvalue weighted by molar-refractivity contribution is 6.31. The minimum atomic E-state index is -4.61. The number of hydrogen-bond donors (Lipinski definition) is 4. The van der Waals surface area contributed by atoms with E-state index in [0.717, 1.165) is 17.7 Å². The first-order valence-electron chi connectivity index (χ1n) is 9.39. The smallest absolute Gasteiger partial charge is 0.367 e. The molecule has 0 aliphatic rings. The maximum Gasteiger partial charge on any atom is 0.417 e. The number of aryl methyl sites for hydroxylation is 1. The molecule has 1 aromatic carbocycles. The van der Waals surface area contributed by atoms with Gasteiger partial charge in [0, 0.05) is 25.0 Å². The Morgan fingerprint density at radius 1 is 1.00 bits per heavy atom. The lowest BCUT2D eigenvalue weighted by atomic mass is 10.2. The van der Waals surface area contributed by atoms with Crippen molar-refractivity contribution in [2.45, 2.75) is 13.1 Å². The third-order valence-corrected chi connectivity index (χ3v) is 4.41. The zero-order chi connectivity index (χ0) is 23.1. The van der Waals surface area contributed by atoms with E-state index in [4.69, 9.17) is 11.6 Å².